The van der Waals surface area contributed by atoms with E-state index in [1.54, 1.807) is 25.1 Å². The summed E-state index contributed by atoms with van der Waals surface area (Å²) in [5, 5.41) is 0. The Morgan fingerprint density at radius 3 is 2.23 bits per heavy atom. The Morgan fingerprint density at radius 2 is 1.70 bits per heavy atom. The van der Waals surface area contributed by atoms with Crippen molar-refractivity contribution in [2.24, 2.45) is 4.99 Å². The van der Waals surface area contributed by atoms with Gasteiger partial charge in [-0.15, -0.1) is 0 Å². The molecule has 1 aliphatic heterocycles. The molecule has 1 heterocycles. The third-order valence-corrected chi connectivity index (χ3v) is 3.64. The van der Waals surface area contributed by atoms with E-state index in [1.807, 2.05) is 27.7 Å². The van der Waals surface area contributed by atoms with Crippen LogP contribution in [-0.2, 0) is 28.6 Å². The Labute approximate surface area is 178 Å². The summed E-state index contributed by atoms with van der Waals surface area (Å²) in [6.45, 7) is 13.7. The van der Waals surface area contributed by atoms with Crippen LogP contribution in [0.4, 0.5) is 0 Å². The first kappa shape index (κ1) is 27.1. The molecule has 0 N–H and O–H groups in total. The average Bonchev–Trinajstić information content (AvgIpc) is 3.19. The van der Waals surface area contributed by atoms with E-state index in [0.717, 1.165) is 0 Å². The van der Waals surface area contributed by atoms with Crippen LogP contribution in [0.2, 0.25) is 0 Å². The van der Waals surface area contributed by atoms with Crippen molar-refractivity contribution in [3.8, 4) is 5.75 Å². The smallest absolute Gasteiger partial charge is 0.308 e. The van der Waals surface area contributed by atoms with Crippen molar-refractivity contribution in [1.29, 1.82) is 0 Å². The van der Waals surface area contributed by atoms with E-state index in [1.165, 1.54) is 20.8 Å². The monoisotopic (exact) mass is 423 g/mol. The van der Waals surface area contributed by atoms with E-state index in [0.29, 0.717) is 22.8 Å². The summed E-state index contributed by atoms with van der Waals surface area (Å²) in [6.07, 6.45) is -0.745. The quantitative estimate of drug-likeness (QED) is 0.509. The summed E-state index contributed by atoms with van der Waals surface area (Å²) in [5.74, 6) is -0.634. The molecule has 0 bridgehead atoms. The fourth-order valence-corrected chi connectivity index (χ4v) is 2.48. The van der Waals surface area contributed by atoms with Gasteiger partial charge in [0.2, 0.25) is 5.90 Å². The molecule has 0 aliphatic carbocycles. The summed E-state index contributed by atoms with van der Waals surface area (Å²) in [5.41, 5.74) is 1.37. The van der Waals surface area contributed by atoms with Gasteiger partial charge >= 0.3 is 17.9 Å². The zero-order valence-electron chi connectivity index (χ0n) is 19.1. The van der Waals surface area contributed by atoms with Crippen LogP contribution in [0.5, 0.6) is 5.75 Å². The Kier molecular flexibility index (Phi) is 12.8. The van der Waals surface area contributed by atoms with Gasteiger partial charge in [-0.1, -0.05) is 33.8 Å². The van der Waals surface area contributed by atoms with Crippen molar-refractivity contribution >= 4 is 23.8 Å². The molecule has 1 aliphatic rings. The molecular formula is C22H33NO7. The predicted molar refractivity (Wildman–Crippen MR) is 114 cm³/mol. The maximum absolute atomic E-state index is 11.3. The van der Waals surface area contributed by atoms with E-state index in [9.17, 15) is 14.4 Å². The lowest BCUT2D eigenvalue weighted by Gasteiger charge is -2.19. The molecule has 0 aromatic heterocycles. The summed E-state index contributed by atoms with van der Waals surface area (Å²) in [7, 11) is 0. The Bertz CT molecular complexity index is 743. The van der Waals surface area contributed by atoms with E-state index in [-0.39, 0.29) is 13.2 Å². The van der Waals surface area contributed by atoms with Crippen LogP contribution in [0.1, 0.15) is 59.6 Å². The molecule has 0 spiro atoms. The lowest BCUT2D eigenvalue weighted by atomic mass is 10.1. The standard InChI is InChI=1S/C18H21NO7.2C2H6/c1-10-14(6-5-7-16(10)25-12(3)21)18-19-15(8-24-18)17(26-13(4)22)9-23-11(2)20;2*1-2/h5-7,15,17H,8-9H2,1-4H3;2*1-2H3/t15-,17+;;/m0../s1. The molecule has 0 saturated heterocycles. The van der Waals surface area contributed by atoms with E-state index in [4.69, 9.17) is 18.9 Å². The summed E-state index contributed by atoms with van der Waals surface area (Å²) in [6, 6.07) is 4.68. The van der Waals surface area contributed by atoms with Gasteiger partial charge in [-0.2, -0.15) is 0 Å². The van der Waals surface area contributed by atoms with Gasteiger partial charge in [0.25, 0.3) is 0 Å². The van der Waals surface area contributed by atoms with Crippen LogP contribution in [0, 0.1) is 6.92 Å². The van der Waals surface area contributed by atoms with Gasteiger partial charge in [0.05, 0.1) is 0 Å². The largest absolute Gasteiger partial charge is 0.475 e. The van der Waals surface area contributed by atoms with Crippen molar-refractivity contribution < 1.29 is 33.3 Å². The second-order valence-corrected chi connectivity index (χ2v) is 5.79. The van der Waals surface area contributed by atoms with Crippen molar-refractivity contribution in [2.75, 3.05) is 13.2 Å². The fraction of sp³-hybridized carbons (Fsp3) is 0.545. The number of aliphatic imine (C=N–C) groups is 1. The SMILES string of the molecule is CC.CC.CC(=O)OC[C@@H](OC(C)=O)[C@@H]1COC(c2cccc(OC(C)=O)c2C)=N1. The second kappa shape index (κ2) is 14.1. The molecule has 0 amide bonds. The third kappa shape index (κ3) is 8.63. The number of esters is 3. The van der Waals surface area contributed by atoms with Gasteiger partial charge in [-0.25, -0.2) is 4.99 Å². The molecule has 30 heavy (non-hydrogen) atoms. The van der Waals surface area contributed by atoms with Gasteiger partial charge < -0.3 is 18.9 Å². The minimum Gasteiger partial charge on any atom is -0.475 e. The molecule has 1 aromatic carbocycles. The third-order valence-electron chi connectivity index (χ3n) is 3.64. The van der Waals surface area contributed by atoms with E-state index < -0.39 is 30.1 Å². The first-order valence-electron chi connectivity index (χ1n) is 10.1. The summed E-state index contributed by atoms with van der Waals surface area (Å²) >= 11 is 0. The summed E-state index contributed by atoms with van der Waals surface area (Å²) in [4.78, 5) is 38.0. The topological polar surface area (TPSA) is 100 Å². The fourth-order valence-electron chi connectivity index (χ4n) is 2.48. The first-order valence-corrected chi connectivity index (χ1v) is 10.1. The first-order chi connectivity index (χ1) is 14.3. The predicted octanol–water partition coefficient (Wildman–Crippen LogP) is 3.61. The molecule has 8 nitrogen and oxygen atoms in total. The average molecular weight is 424 g/mol. The molecule has 8 heteroatoms. The van der Waals surface area contributed by atoms with E-state index >= 15 is 0 Å². The van der Waals surface area contributed by atoms with Gasteiger partial charge in [0.1, 0.15) is 25.0 Å². The van der Waals surface area contributed by atoms with Gasteiger partial charge in [-0.3, -0.25) is 14.4 Å². The zero-order chi connectivity index (χ0) is 23.3. The van der Waals surface area contributed by atoms with E-state index in [2.05, 4.69) is 4.99 Å². The highest BCUT2D eigenvalue weighted by Gasteiger charge is 2.32. The maximum Gasteiger partial charge on any atom is 0.308 e. The highest BCUT2D eigenvalue weighted by Crippen LogP contribution is 2.25. The molecule has 2 atom stereocenters. The molecule has 0 unspecified atom stereocenters. The van der Waals surface area contributed by atoms with Crippen LogP contribution >= 0.6 is 0 Å². The number of rotatable bonds is 6. The van der Waals surface area contributed by atoms with Crippen LogP contribution in [-0.4, -0.2) is 49.2 Å². The number of hydrogen-bond acceptors (Lipinski definition) is 8. The molecule has 0 radical (unpaired) electrons. The number of ether oxygens (including phenoxy) is 4. The molecule has 168 valence electrons. The van der Waals surface area contributed by atoms with Gasteiger partial charge in [0.15, 0.2) is 6.10 Å². The summed E-state index contributed by atoms with van der Waals surface area (Å²) < 4.78 is 20.9. The van der Waals surface area contributed by atoms with Crippen LogP contribution in [0.3, 0.4) is 0 Å². The Morgan fingerprint density at radius 1 is 1.07 bits per heavy atom. The molecular weight excluding hydrogens is 390 g/mol. The number of hydrogen-bond donors (Lipinski definition) is 0. The second-order valence-electron chi connectivity index (χ2n) is 5.79. The van der Waals surface area contributed by atoms with Crippen LogP contribution in [0.15, 0.2) is 23.2 Å². The van der Waals surface area contributed by atoms with Crippen molar-refractivity contribution in [3.05, 3.63) is 29.3 Å². The highest BCUT2D eigenvalue weighted by molar-refractivity contribution is 5.97. The van der Waals surface area contributed by atoms with Gasteiger partial charge in [-0.05, 0) is 19.1 Å². The lowest BCUT2D eigenvalue weighted by Crippen LogP contribution is -2.35. The molecule has 2 rings (SSSR count). The molecule has 0 fully saturated rings. The maximum atomic E-state index is 11.3. The normalized spacial score (nSPS) is 15.1. The van der Waals surface area contributed by atoms with Gasteiger partial charge in [0, 0.05) is 31.9 Å². The minimum absolute atomic E-state index is 0.105. The zero-order valence-corrected chi connectivity index (χ0v) is 19.1. The molecule has 0 saturated carbocycles. The molecule has 1 aromatic rings. The Hall–Kier alpha value is -2.90. The number of carbonyl (C=O) groups is 3. The van der Waals surface area contributed by atoms with Crippen LogP contribution in [0.25, 0.3) is 0 Å². The number of nitrogens with zero attached hydrogens (tertiary/aromatic N) is 1. The lowest BCUT2D eigenvalue weighted by molar-refractivity contribution is -0.157. The van der Waals surface area contributed by atoms with Crippen molar-refractivity contribution in [1.82, 2.24) is 0 Å². The highest BCUT2D eigenvalue weighted by atomic mass is 16.6. The van der Waals surface area contributed by atoms with Crippen molar-refractivity contribution in [3.63, 3.8) is 0 Å². The Balaban J connectivity index is 0.00000198. The number of carbonyl (C=O) groups excluding carboxylic acids is 3. The number of benzene rings is 1. The van der Waals surface area contributed by atoms with Crippen molar-refractivity contribution in [2.45, 2.75) is 67.5 Å². The van der Waals surface area contributed by atoms with Crippen LogP contribution < -0.4 is 4.74 Å². The minimum atomic E-state index is -0.745.